The number of ether oxygens (including phenoxy) is 1. The van der Waals surface area contributed by atoms with Gasteiger partial charge in [-0.1, -0.05) is 0 Å². The fourth-order valence-corrected chi connectivity index (χ4v) is 0.906. The van der Waals surface area contributed by atoms with Gasteiger partial charge >= 0.3 is 0 Å². The average molecular weight is 135 g/mol. The monoisotopic (exact) mass is 135 g/mol. The van der Waals surface area contributed by atoms with Crippen LogP contribution in [-0.4, -0.2) is 29.3 Å². The van der Waals surface area contributed by atoms with Crippen LogP contribution in [0.2, 0.25) is 0 Å². The first-order valence-electron chi connectivity index (χ1n) is 2.65. The van der Waals surface area contributed by atoms with E-state index in [1.165, 1.54) is 0 Å². The lowest BCUT2D eigenvalue weighted by atomic mass is 10.8. The van der Waals surface area contributed by atoms with E-state index in [0.717, 1.165) is 0 Å². The van der Waals surface area contributed by atoms with Crippen molar-refractivity contribution >= 4 is 9.76 Å². The van der Waals surface area contributed by atoms with E-state index < -0.39 is 9.76 Å². The highest BCUT2D eigenvalue weighted by Gasteiger charge is 1.94. The molecule has 0 amide bonds. The van der Waals surface area contributed by atoms with Gasteiger partial charge in [0, 0.05) is 13.3 Å². The van der Waals surface area contributed by atoms with Crippen molar-refractivity contribution in [3.8, 4) is 0 Å². The summed E-state index contributed by atoms with van der Waals surface area (Å²) in [6, 6.07) is 0. The van der Waals surface area contributed by atoms with Gasteiger partial charge < -0.3 is 14.9 Å². The van der Waals surface area contributed by atoms with Gasteiger partial charge in [0.25, 0.3) is 0 Å². The second-order valence-corrected chi connectivity index (χ2v) is 2.78. The van der Waals surface area contributed by atoms with Crippen molar-refractivity contribution < 1.29 is 9.16 Å². The molecule has 0 spiro atoms. The Labute approximate surface area is 52.1 Å². The second-order valence-electron chi connectivity index (χ2n) is 1.46. The predicted molar refractivity (Wildman–Crippen MR) is 35.2 cm³/mol. The summed E-state index contributed by atoms with van der Waals surface area (Å²) in [5.41, 5.74) is 5.21. The molecule has 0 aromatic rings. The molecule has 0 aliphatic carbocycles. The first-order valence-corrected chi connectivity index (χ1v) is 4.23. The highest BCUT2D eigenvalue weighted by molar-refractivity contribution is 6.27. The van der Waals surface area contributed by atoms with E-state index in [2.05, 4.69) is 0 Å². The summed E-state index contributed by atoms with van der Waals surface area (Å²) in [6.07, 6.45) is 0.624. The van der Waals surface area contributed by atoms with Crippen LogP contribution in [0.15, 0.2) is 0 Å². The van der Waals surface area contributed by atoms with Crippen LogP contribution in [0.3, 0.4) is 0 Å². The Bertz CT molecular complexity index is 53.3. The smallest absolute Gasteiger partial charge is 0.178 e. The molecule has 2 N–H and O–H groups in total. The fourth-order valence-electron chi connectivity index (χ4n) is 0.302. The molecule has 0 rings (SSSR count). The third kappa shape index (κ3) is 4.26. The summed E-state index contributed by atoms with van der Waals surface area (Å²) in [6.45, 7) is 1.86. The van der Waals surface area contributed by atoms with Gasteiger partial charge in [-0.25, -0.2) is 0 Å². The molecule has 0 aromatic heterocycles. The highest BCUT2D eigenvalue weighted by Crippen LogP contribution is 1.85. The molecular weight excluding hydrogens is 122 g/mol. The quantitative estimate of drug-likeness (QED) is 0.397. The maximum absolute atomic E-state index is 5.21. The summed E-state index contributed by atoms with van der Waals surface area (Å²) in [5, 5.41) is 0. The van der Waals surface area contributed by atoms with Crippen LogP contribution < -0.4 is 5.73 Å². The van der Waals surface area contributed by atoms with Gasteiger partial charge in [0.1, 0.15) is 6.29 Å². The molecule has 8 heavy (non-hydrogen) atoms. The minimum Gasteiger partial charge on any atom is -0.399 e. The molecule has 0 fully saturated rings. The molecule has 3 nitrogen and oxygen atoms in total. The Morgan fingerprint density at radius 2 is 2.38 bits per heavy atom. The molecule has 50 valence electrons. The Morgan fingerprint density at radius 1 is 1.75 bits per heavy atom. The van der Waals surface area contributed by atoms with Crippen LogP contribution in [0, 0.1) is 0 Å². The molecule has 4 heteroatoms. The van der Waals surface area contributed by atoms with Crippen molar-refractivity contribution in [3.05, 3.63) is 0 Å². The van der Waals surface area contributed by atoms with Crippen molar-refractivity contribution in [1.82, 2.24) is 0 Å². The SMILES string of the molecule is COC(C)O[SiH2]CN. The van der Waals surface area contributed by atoms with Crippen molar-refractivity contribution in [1.29, 1.82) is 0 Å². The zero-order chi connectivity index (χ0) is 6.41. The Balaban J connectivity index is 2.86. The third-order valence-electron chi connectivity index (χ3n) is 0.802. The first-order chi connectivity index (χ1) is 3.81. The summed E-state index contributed by atoms with van der Waals surface area (Å²) in [7, 11) is 1.14. The van der Waals surface area contributed by atoms with Crippen molar-refractivity contribution in [2.45, 2.75) is 13.2 Å². The minimum absolute atomic E-state index is 0.0646. The van der Waals surface area contributed by atoms with E-state index >= 15 is 0 Å². The van der Waals surface area contributed by atoms with Crippen LogP contribution in [0.4, 0.5) is 0 Å². The molecule has 0 aliphatic heterocycles. The number of hydrogen-bond acceptors (Lipinski definition) is 3. The van der Waals surface area contributed by atoms with Gasteiger partial charge in [0.2, 0.25) is 0 Å². The van der Waals surface area contributed by atoms with Crippen molar-refractivity contribution in [3.63, 3.8) is 0 Å². The lowest BCUT2D eigenvalue weighted by Gasteiger charge is -2.08. The third-order valence-corrected chi connectivity index (χ3v) is 1.74. The largest absolute Gasteiger partial charge is 0.399 e. The maximum atomic E-state index is 5.21. The number of rotatable bonds is 4. The number of hydrogen-bond donors (Lipinski definition) is 1. The lowest BCUT2D eigenvalue weighted by Crippen LogP contribution is -2.19. The van der Waals surface area contributed by atoms with Crippen molar-refractivity contribution in [2.24, 2.45) is 5.73 Å². The first kappa shape index (κ1) is 8.10. The summed E-state index contributed by atoms with van der Waals surface area (Å²) in [4.78, 5) is 0. The van der Waals surface area contributed by atoms with Crippen molar-refractivity contribution in [2.75, 3.05) is 13.3 Å². The molecular formula is C4H13NO2Si. The number of nitrogens with two attached hydrogens (primary N) is 1. The summed E-state index contributed by atoms with van der Waals surface area (Å²) >= 11 is 0. The molecule has 0 bridgehead atoms. The van der Waals surface area contributed by atoms with E-state index in [4.69, 9.17) is 14.9 Å². The van der Waals surface area contributed by atoms with Gasteiger partial charge in [-0.2, -0.15) is 0 Å². The molecule has 0 aliphatic rings. The van der Waals surface area contributed by atoms with Crippen LogP contribution in [0.1, 0.15) is 6.92 Å². The minimum atomic E-state index is -0.484. The predicted octanol–water partition coefficient (Wildman–Crippen LogP) is -1.00. The normalized spacial score (nSPS) is 15.4. The van der Waals surface area contributed by atoms with E-state index in [1.807, 2.05) is 6.92 Å². The molecule has 0 heterocycles. The second kappa shape index (κ2) is 5.24. The topological polar surface area (TPSA) is 44.5 Å². The van der Waals surface area contributed by atoms with Gasteiger partial charge in [-0.3, -0.25) is 0 Å². The van der Waals surface area contributed by atoms with Gasteiger partial charge in [0.15, 0.2) is 9.76 Å². The van der Waals surface area contributed by atoms with Crippen LogP contribution in [0.25, 0.3) is 0 Å². The molecule has 1 atom stereocenters. The highest BCUT2D eigenvalue weighted by atomic mass is 28.2. The van der Waals surface area contributed by atoms with Gasteiger partial charge in [0.05, 0.1) is 0 Å². The molecule has 0 saturated carbocycles. The van der Waals surface area contributed by atoms with Crippen LogP contribution >= 0.6 is 0 Å². The Hall–Kier alpha value is 0.0969. The van der Waals surface area contributed by atoms with E-state index in [0.29, 0.717) is 6.17 Å². The molecule has 0 radical (unpaired) electrons. The van der Waals surface area contributed by atoms with Gasteiger partial charge in [-0.15, -0.1) is 0 Å². The zero-order valence-corrected chi connectivity index (χ0v) is 6.80. The molecule has 0 aromatic carbocycles. The Morgan fingerprint density at radius 3 is 2.75 bits per heavy atom. The Kier molecular flexibility index (Phi) is 5.30. The fraction of sp³-hybridized carbons (Fsp3) is 1.00. The zero-order valence-electron chi connectivity index (χ0n) is 5.39. The summed E-state index contributed by atoms with van der Waals surface area (Å²) in [5.74, 6) is 0. The van der Waals surface area contributed by atoms with Gasteiger partial charge in [-0.05, 0) is 6.92 Å². The number of methoxy groups -OCH3 is 1. The average Bonchev–Trinajstić information content (AvgIpc) is 1.83. The van der Waals surface area contributed by atoms with E-state index in [1.54, 1.807) is 7.11 Å². The summed E-state index contributed by atoms with van der Waals surface area (Å²) < 4.78 is 9.94. The molecule has 0 saturated heterocycles. The standard InChI is InChI=1S/C4H13NO2Si/c1-4(6-2)7-8-3-5/h4H,3,5,8H2,1-2H3. The maximum Gasteiger partial charge on any atom is 0.178 e. The van der Waals surface area contributed by atoms with E-state index in [9.17, 15) is 0 Å². The van der Waals surface area contributed by atoms with E-state index in [-0.39, 0.29) is 6.29 Å². The van der Waals surface area contributed by atoms with Crippen LogP contribution in [-0.2, 0) is 9.16 Å². The molecule has 1 unspecified atom stereocenters. The lowest BCUT2D eigenvalue weighted by molar-refractivity contribution is -0.0370. The van der Waals surface area contributed by atoms with Crippen LogP contribution in [0.5, 0.6) is 0 Å².